The van der Waals surface area contributed by atoms with Crippen LogP contribution in [0.5, 0.6) is 0 Å². The molecule has 0 amide bonds. The van der Waals surface area contributed by atoms with Gasteiger partial charge in [0.1, 0.15) is 11.5 Å². The van der Waals surface area contributed by atoms with Crippen LogP contribution in [0.15, 0.2) is 224 Å². The van der Waals surface area contributed by atoms with Crippen molar-refractivity contribution in [2.45, 2.75) is 60.8 Å². The number of hydrogen-bond acceptors (Lipinski definition) is 2. The SMILES string of the molecule is C/C=C\C(=C/C)c1nc2ccc(-c3ccc4c(c3)C3(c5ccccc5-c5ccccc53)c3cc(-c5ccc(P(C(/C=C\C)=C/C)c6ccccc6)cc5)ccc3-4)cc2c2nc3ccccc3n12.CC.CC. The quantitative estimate of drug-likeness (QED) is 0.112. The second-order valence-corrected chi connectivity index (χ2v) is 19.7. The highest BCUT2D eigenvalue weighted by Crippen LogP contribution is 2.63. The number of rotatable bonds is 8. The first-order valence-electron chi connectivity index (χ1n) is 25.3. The fourth-order valence-electron chi connectivity index (χ4n) is 11.0. The van der Waals surface area contributed by atoms with Crippen molar-refractivity contribution in [3.8, 4) is 44.5 Å². The Labute approximate surface area is 421 Å². The largest absolute Gasteiger partial charge is 0.276 e. The zero-order chi connectivity index (χ0) is 49.2. The van der Waals surface area contributed by atoms with E-state index >= 15 is 0 Å². The third-order valence-corrected chi connectivity index (χ3v) is 16.5. The summed E-state index contributed by atoms with van der Waals surface area (Å²) < 4.78 is 2.23. The number of fused-ring (bicyclic) bond motifs is 15. The van der Waals surface area contributed by atoms with E-state index in [0.29, 0.717) is 0 Å². The second kappa shape index (κ2) is 20.0. The lowest BCUT2D eigenvalue weighted by molar-refractivity contribution is 0.794. The van der Waals surface area contributed by atoms with E-state index in [0.717, 1.165) is 44.5 Å². The van der Waals surface area contributed by atoms with E-state index in [4.69, 9.17) is 9.97 Å². The van der Waals surface area contributed by atoms with Crippen molar-refractivity contribution in [3.63, 3.8) is 0 Å². The molecule has 348 valence electrons. The van der Waals surface area contributed by atoms with Crippen molar-refractivity contribution < 1.29 is 0 Å². The van der Waals surface area contributed by atoms with Crippen LogP contribution in [0.4, 0.5) is 0 Å². The molecule has 8 aromatic carbocycles. The predicted octanol–water partition coefficient (Wildman–Crippen LogP) is 17.7. The van der Waals surface area contributed by atoms with Crippen LogP contribution in [0.2, 0.25) is 0 Å². The van der Waals surface area contributed by atoms with Crippen LogP contribution in [-0.4, -0.2) is 14.4 Å². The maximum atomic E-state index is 5.32. The molecule has 0 radical (unpaired) electrons. The zero-order valence-electron chi connectivity index (χ0n) is 42.1. The molecule has 2 aliphatic rings. The monoisotopic (exact) mass is 937 g/mol. The van der Waals surface area contributed by atoms with Crippen LogP contribution >= 0.6 is 7.92 Å². The van der Waals surface area contributed by atoms with Gasteiger partial charge in [0.05, 0.1) is 22.0 Å². The molecule has 2 aliphatic carbocycles. The number of aromatic nitrogens is 3. The molecule has 1 spiro atoms. The Kier molecular flexibility index (Phi) is 13.2. The Hall–Kier alpha value is -7.71. The highest BCUT2D eigenvalue weighted by atomic mass is 31.1. The van der Waals surface area contributed by atoms with E-state index in [-0.39, 0.29) is 0 Å². The lowest BCUT2D eigenvalue weighted by Gasteiger charge is -2.31. The minimum absolute atomic E-state index is 0.504. The predicted molar refractivity (Wildman–Crippen MR) is 308 cm³/mol. The third kappa shape index (κ3) is 7.63. The van der Waals surface area contributed by atoms with Crippen molar-refractivity contribution in [2.75, 3.05) is 0 Å². The summed E-state index contributed by atoms with van der Waals surface area (Å²) in [6.07, 6.45) is 13.0. The smallest absolute Gasteiger partial charge is 0.149 e. The zero-order valence-corrected chi connectivity index (χ0v) is 43.0. The van der Waals surface area contributed by atoms with Gasteiger partial charge in [0.25, 0.3) is 0 Å². The average molecular weight is 938 g/mol. The second-order valence-electron chi connectivity index (χ2n) is 17.5. The molecule has 3 nitrogen and oxygen atoms in total. The van der Waals surface area contributed by atoms with E-state index in [9.17, 15) is 0 Å². The lowest BCUT2D eigenvalue weighted by atomic mass is 9.70. The Morgan fingerprint density at radius 1 is 0.451 bits per heavy atom. The van der Waals surface area contributed by atoms with E-state index < -0.39 is 13.3 Å². The molecule has 0 N–H and O–H groups in total. The maximum absolute atomic E-state index is 5.32. The number of allylic oxidation sites excluding steroid dienone is 8. The normalized spacial score (nSPS) is 13.7. The summed E-state index contributed by atoms with van der Waals surface area (Å²) >= 11 is 0. The first-order chi connectivity index (χ1) is 35.0. The van der Waals surface area contributed by atoms with Gasteiger partial charge in [-0.25, -0.2) is 9.97 Å². The third-order valence-electron chi connectivity index (χ3n) is 13.9. The lowest BCUT2D eigenvalue weighted by Crippen LogP contribution is -2.26. The molecule has 0 saturated heterocycles. The summed E-state index contributed by atoms with van der Waals surface area (Å²) in [7, 11) is -0.700. The topological polar surface area (TPSA) is 30.2 Å². The van der Waals surface area contributed by atoms with Gasteiger partial charge in [-0.05, 0) is 155 Å². The molecule has 0 fully saturated rings. The van der Waals surface area contributed by atoms with Crippen LogP contribution in [0.1, 0.15) is 83.5 Å². The molecule has 0 aliphatic heterocycles. The minimum atomic E-state index is -0.700. The van der Waals surface area contributed by atoms with Crippen LogP contribution in [-0.2, 0) is 5.41 Å². The molecule has 4 heteroatoms. The minimum Gasteiger partial charge on any atom is -0.276 e. The molecular formula is C67H60N3P. The molecule has 2 heterocycles. The number of benzene rings is 8. The molecule has 1 unspecified atom stereocenters. The van der Waals surface area contributed by atoms with E-state index in [1.54, 1.807) is 0 Å². The van der Waals surface area contributed by atoms with E-state index in [1.807, 2.05) is 34.6 Å². The van der Waals surface area contributed by atoms with Gasteiger partial charge in [-0.1, -0.05) is 210 Å². The van der Waals surface area contributed by atoms with Gasteiger partial charge in [-0.2, -0.15) is 0 Å². The molecule has 12 rings (SSSR count). The van der Waals surface area contributed by atoms with Gasteiger partial charge in [-0.3, -0.25) is 4.40 Å². The fourth-order valence-corrected chi connectivity index (χ4v) is 13.4. The molecule has 71 heavy (non-hydrogen) atoms. The van der Waals surface area contributed by atoms with Gasteiger partial charge < -0.3 is 0 Å². The molecule has 2 aromatic heterocycles. The number of imidazole rings is 1. The van der Waals surface area contributed by atoms with Crippen LogP contribution < -0.4 is 10.6 Å². The van der Waals surface area contributed by atoms with E-state index in [1.165, 1.54) is 77.1 Å². The van der Waals surface area contributed by atoms with Crippen molar-refractivity contribution in [2.24, 2.45) is 0 Å². The van der Waals surface area contributed by atoms with Gasteiger partial charge in [0.2, 0.25) is 0 Å². The first-order valence-corrected chi connectivity index (χ1v) is 26.6. The first kappa shape index (κ1) is 47.0. The Morgan fingerprint density at radius 3 is 1.59 bits per heavy atom. The van der Waals surface area contributed by atoms with Crippen molar-refractivity contribution in [1.29, 1.82) is 0 Å². The molecule has 0 bridgehead atoms. The Morgan fingerprint density at radius 2 is 0.972 bits per heavy atom. The summed E-state index contributed by atoms with van der Waals surface area (Å²) in [6, 6.07) is 67.9. The van der Waals surface area contributed by atoms with E-state index in [2.05, 4.69) is 244 Å². The Balaban J connectivity index is 0.00000142. The average Bonchev–Trinajstić information content (AvgIpc) is 4.08. The summed E-state index contributed by atoms with van der Waals surface area (Å²) in [5.74, 6) is 0.889. The molecule has 10 aromatic rings. The summed E-state index contributed by atoms with van der Waals surface area (Å²) in [5.41, 5.74) is 19.6. The Bertz CT molecular complexity index is 3690. The summed E-state index contributed by atoms with van der Waals surface area (Å²) in [4.78, 5) is 10.6. The van der Waals surface area contributed by atoms with Crippen LogP contribution in [0.3, 0.4) is 0 Å². The number of nitrogens with zero attached hydrogens (tertiary/aromatic N) is 3. The highest BCUT2D eigenvalue weighted by molar-refractivity contribution is 7.77. The van der Waals surface area contributed by atoms with Gasteiger partial charge in [0, 0.05) is 11.0 Å². The van der Waals surface area contributed by atoms with Gasteiger partial charge in [-0.15, -0.1) is 0 Å². The van der Waals surface area contributed by atoms with Gasteiger partial charge >= 0.3 is 0 Å². The summed E-state index contributed by atoms with van der Waals surface area (Å²) in [6.45, 7) is 16.4. The highest BCUT2D eigenvalue weighted by Gasteiger charge is 2.51. The standard InChI is InChI=1S/C63H48N3P.2C2H6/c1-5-18-41(7-3)61-64-58-37-32-43(38-53(58)62-65-59-26-16-17-27-60(59)66(61)62)45-31-36-52-51-35-30-44(42-28-33-48(34-29-42)67(46(8-4)19-6-2)47-20-10-9-11-21-47)39-56(51)63(57(52)40-45)54-24-14-12-22-49(54)50-23-13-15-25-55(50)63;2*1-2/h5-40H,1-4H3;2*1-2H3/b18-5-,19-6-,41-7+,46-8+;;. The number of para-hydroxylation sites is 2. The molecule has 0 saturated carbocycles. The summed E-state index contributed by atoms with van der Waals surface area (Å²) in [5, 5.41) is 5.08. The molecule has 1 atom stereocenters. The van der Waals surface area contributed by atoms with Crippen molar-refractivity contribution in [3.05, 3.63) is 252 Å². The fraction of sp³-hybridized carbons (Fsp3) is 0.134. The van der Waals surface area contributed by atoms with Gasteiger partial charge in [0.15, 0.2) is 0 Å². The van der Waals surface area contributed by atoms with Crippen LogP contribution in [0.25, 0.3) is 77.7 Å². The van der Waals surface area contributed by atoms with Crippen LogP contribution in [0, 0.1) is 0 Å². The maximum Gasteiger partial charge on any atom is 0.149 e. The molecular weight excluding hydrogens is 878 g/mol. The van der Waals surface area contributed by atoms with Crippen molar-refractivity contribution >= 4 is 51.7 Å². The number of hydrogen-bond donors (Lipinski definition) is 0. The van der Waals surface area contributed by atoms with Crippen molar-refractivity contribution in [1.82, 2.24) is 14.4 Å².